The van der Waals surface area contributed by atoms with E-state index in [4.69, 9.17) is 4.74 Å². The van der Waals surface area contributed by atoms with Crippen LogP contribution in [0.5, 0.6) is 11.5 Å². The highest BCUT2D eigenvalue weighted by atomic mass is 16.5. The van der Waals surface area contributed by atoms with E-state index in [0.717, 1.165) is 6.54 Å². The number of hydrogen-bond donors (Lipinski definition) is 1. The number of nitrogens with zero attached hydrogens (tertiary/aromatic N) is 2. The zero-order valence-corrected chi connectivity index (χ0v) is 9.97. The minimum Gasteiger partial charge on any atom is -0.507 e. The van der Waals surface area contributed by atoms with Crippen molar-refractivity contribution in [3.63, 3.8) is 0 Å². The largest absolute Gasteiger partial charge is 0.507 e. The third-order valence-corrected chi connectivity index (χ3v) is 2.14. The predicted octanol–water partition coefficient (Wildman–Crippen LogP) is 1.38. The van der Waals surface area contributed by atoms with Crippen molar-refractivity contribution in [2.45, 2.75) is 0 Å². The molecule has 0 unspecified atom stereocenters. The van der Waals surface area contributed by atoms with Crippen LogP contribution in [0.2, 0.25) is 0 Å². The van der Waals surface area contributed by atoms with Crippen molar-refractivity contribution in [1.29, 1.82) is 0 Å². The maximum absolute atomic E-state index is 9.58. The third-order valence-electron chi connectivity index (χ3n) is 2.14. The second-order valence-electron chi connectivity index (χ2n) is 3.76. The summed E-state index contributed by atoms with van der Waals surface area (Å²) < 4.78 is 5.07. The standard InChI is InChI=1S/C12H18N2O2/c1-14(2)7-6-13-9-10-8-11(16-3)4-5-12(10)15/h4-5,8-9,15H,6-7H2,1-3H3. The average molecular weight is 222 g/mol. The molecule has 0 fully saturated rings. The summed E-state index contributed by atoms with van der Waals surface area (Å²) in [5.74, 6) is 0.932. The van der Waals surface area contributed by atoms with E-state index in [1.54, 1.807) is 31.5 Å². The first-order chi connectivity index (χ1) is 7.63. The highest BCUT2D eigenvalue weighted by molar-refractivity contribution is 5.84. The minimum absolute atomic E-state index is 0.217. The number of ether oxygens (including phenoxy) is 1. The van der Waals surface area contributed by atoms with Gasteiger partial charge in [0.2, 0.25) is 0 Å². The SMILES string of the molecule is COc1ccc(O)c(C=NCCN(C)C)c1. The van der Waals surface area contributed by atoms with Crippen molar-refractivity contribution in [1.82, 2.24) is 4.90 Å². The summed E-state index contributed by atoms with van der Waals surface area (Å²) >= 11 is 0. The molecule has 0 saturated heterocycles. The van der Waals surface area contributed by atoms with Crippen molar-refractivity contribution in [2.24, 2.45) is 4.99 Å². The number of aromatic hydroxyl groups is 1. The topological polar surface area (TPSA) is 45.1 Å². The van der Waals surface area contributed by atoms with Gasteiger partial charge in [-0.25, -0.2) is 0 Å². The van der Waals surface area contributed by atoms with Gasteiger partial charge in [0, 0.05) is 18.3 Å². The highest BCUT2D eigenvalue weighted by Gasteiger charge is 1.99. The van der Waals surface area contributed by atoms with E-state index >= 15 is 0 Å². The molecule has 0 aliphatic heterocycles. The van der Waals surface area contributed by atoms with E-state index in [2.05, 4.69) is 9.89 Å². The summed E-state index contributed by atoms with van der Waals surface area (Å²) in [5, 5.41) is 9.58. The summed E-state index contributed by atoms with van der Waals surface area (Å²) in [6.45, 7) is 1.60. The summed E-state index contributed by atoms with van der Waals surface area (Å²) in [6, 6.07) is 5.08. The second kappa shape index (κ2) is 6.12. The zero-order chi connectivity index (χ0) is 12.0. The van der Waals surface area contributed by atoms with Gasteiger partial charge in [0.1, 0.15) is 11.5 Å². The van der Waals surface area contributed by atoms with Gasteiger partial charge >= 0.3 is 0 Å². The van der Waals surface area contributed by atoms with Crippen LogP contribution in [0.1, 0.15) is 5.56 Å². The van der Waals surface area contributed by atoms with Gasteiger partial charge in [0.25, 0.3) is 0 Å². The molecule has 0 atom stereocenters. The number of likely N-dealkylation sites (N-methyl/N-ethyl adjacent to an activating group) is 1. The first-order valence-corrected chi connectivity index (χ1v) is 5.15. The second-order valence-corrected chi connectivity index (χ2v) is 3.76. The van der Waals surface area contributed by atoms with Crippen molar-refractivity contribution in [2.75, 3.05) is 34.3 Å². The Bertz CT molecular complexity index is 362. The fraction of sp³-hybridized carbons (Fsp3) is 0.417. The van der Waals surface area contributed by atoms with E-state index in [9.17, 15) is 5.11 Å². The molecule has 0 aromatic heterocycles. The maximum Gasteiger partial charge on any atom is 0.124 e. The number of phenolic OH excluding ortho intramolecular Hbond substituents is 1. The lowest BCUT2D eigenvalue weighted by molar-refractivity contribution is 0.412. The van der Waals surface area contributed by atoms with Gasteiger partial charge in [-0.05, 0) is 32.3 Å². The first-order valence-electron chi connectivity index (χ1n) is 5.15. The minimum atomic E-state index is 0.217. The van der Waals surface area contributed by atoms with Crippen molar-refractivity contribution < 1.29 is 9.84 Å². The zero-order valence-electron chi connectivity index (χ0n) is 9.97. The summed E-state index contributed by atoms with van der Waals surface area (Å²) in [7, 11) is 5.59. The molecule has 0 amide bonds. The van der Waals surface area contributed by atoms with Crippen LogP contribution in [0.4, 0.5) is 0 Å². The van der Waals surface area contributed by atoms with Crippen LogP contribution in [0.15, 0.2) is 23.2 Å². The quantitative estimate of drug-likeness (QED) is 0.765. The van der Waals surface area contributed by atoms with E-state index in [1.807, 2.05) is 14.1 Å². The lowest BCUT2D eigenvalue weighted by Crippen LogP contribution is -2.15. The molecular formula is C12H18N2O2. The molecule has 1 N–H and O–H groups in total. The van der Waals surface area contributed by atoms with Gasteiger partial charge in [-0.2, -0.15) is 0 Å². The molecule has 0 aliphatic rings. The van der Waals surface area contributed by atoms with Gasteiger partial charge in [-0.3, -0.25) is 4.99 Å². The van der Waals surface area contributed by atoms with Gasteiger partial charge in [0.05, 0.1) is 13.7 Å². The Morgan fingerprint density at radius 2 is 2.19 bits per heavy atom. The normalized spacial score (nSPS) is 11.2. The molecule has 4 nitrogen and oxygen atoms in total. The summed E-state index contributed by atoms with van der Waals surface area (Å²) in [6.07, 6.45) is 1.67. The van der Waals surface area contributed by atoms with Crippen LogP contribution in [0, 0.1) is 0 Å². The molecule has 4 heteroatoms. The van der Waals surface area contributed by atoms with Gasteiger partial charge in [-0.1, -0.05) is 0 Å². The number of phenols is 1. The molecular weight excluding hydrogens is 204 g/mol. The van der Waals surface area contributed by atoms with Crippen molar-refractivity contribution in [3.8, 4) is 11.5 Å². The maximum atomic E-state index is 9.58. The lowest BCUT2D eigenvalue weighted by Gasteiger charge is -2.06. The Balaban J connectivity index is 2.64. The molecule has 0 aliphatic carbocycles. The van der Waals surface area contributed by atoms with Gasteiger partial charge < -0.3 is 14.7 Å². The third kappa shape index (κ3) is 3.90. The molecule has 0 saturated carbocycles. The monoisotopic (exact) mass is 222 g/mol. The fourth-order valence-electron chi connectivity index (χ4n) is 1.18. The van der Waals surface area contributed by atoms with Gasteiger partial charge in [0.15, 0.2) is 0 Å². The van der Waals surface area contributed by atoms with Crippen LogP contribution in [-0.4, -0.2) is 50.5 Å². The Morgan fingerprint density at radius 3 is 2.81 bits per heavy atom. The number of rotatable bonds is 5. The van der Waals surface area contributed by atoms with Crippen LogP contribution >= 0.6 is 0 Å². The van der Waals surface area contributed by atoms with Crippen molar-refractivity contribution in [3.05, 3.63) is 23.8 Å². The van der Waals surface area contributed by atoms with E-state index in [1.165, 1.54) is 0 Å². The Kier molecular flexibility index (Phi) is 4.79. The van der Waals surface area contributed by atoms with Crippen LogP contribution in [0.25, 0.3) is 0 Å². The highest BCUT2D eigenvalue weighted by Crippen LogP contribution is 2.20. The molecule has 0 bridgehead atoms. The van der Waals surface area contributed by atoms with E-state index < -0.39 is 0 Å². The molecule has 1 aromatic rings. The van der Waals surface area contributed by atoms with E-state index in [0.29, 0.717) is 17.9 Å². The molecule has 0 heterocycles. The van der Waals surface area contributed by atoms with Crippen LogP contribution < -0.4 is 4.74 Å². The Hall–Kier alpha value is -1.55. The smallest absolute Gasteiger partial charge is 0.124 e. The average Bonchev–Trinajstić information content (AvgIpc) is 2.26. The molecule has 1 rings (SSSR count). The molecule has 0 spiro atoms. The predicted molar refractivity (Wildman–Crippen MR) is 65.7 cm³/mol. The summed E-state index contributed by atoms with van der Waals surface area (Å²) in [5.41, 5.74) is 0.679. The number of hydrogen-bond acceptors (Lipinski definition) is 4. The lowest BCUT2D eigenvalue weighted by atomic mass is 10.2. The number of methoxy groups -OCH3 is 1. The fourth-order valence-corrected chi connectivity index (χ4v) is 1.18. The summed E-state index contributed by atoms with van der Waals surface area (Å²) in [4.78, 5) is 6.29. The van der Waals surface area contributed by atoms with Crippen LogP contribution in [-0.2, 0) is 0 Å². The molecule has 0 radical (unpaired) electrons. The van der Waals surface area contributed by atoms with Crippen LogP contribution in [0.3, 0.4) is 0 Å². The Labute approximate surface area is 96.2 Å². The van der Waals surface area contributed by atoms with Gasteiger partial charge in [-0.15, -0.1) is 0 Å². The van der Waals surface area contributed by atoms with E-state index in [-0.39, 0.29) is 5.75 Å². The Morgan fingerprint density at radius 1 is 1.44 bits per heavy atom. The molecule has 1 aromatic carbocycles. The first kappa shape index (κ1) is 12.5. The molecule has 16 heavy (non-hydrogen) atoms. The molecule has 88 valence electrons. The van der Waals surface area contributed by atoms with Crippen molar-refractivity contribution >= 4 is 6.21 Å². The number of benzene rings is 1. The number of aliphatic imine (C=N–C) groups is 1.